The molecule has 0 aliphatic carbocycles. The second kappa shape index (κ2) is 13.2. The van der Waals surface area contributed by atoms with Crippen molar-refractivity contribution >= 4 is 21.2 Å². The molecule has 5 rings (SSSR count). The lowest BCUT2D eigenvalue weighted by Gasteiger charge is -2.38. The summed E-state index contributed by atoms with van der Waals surface area (Å²) < 4.78 is 26.6. The first-order valence-electron chi connectivity index (χ1n) is 13.9. The van der Waals surface area contributed by atoms with Crippen molar-refractivity contribution in [3.05, 3.63) is 152 Å². The summed E-state index contributed by atoms with van der Waals surface area (Å²) >= 11 is 0. The van der Waals surface area contributed by atoms with Crippen LogP contribution in [-0.4, -0.2) is 51.7 Å². The van der Waals surface area contributed by atoms with Crippen LogP contribution in [0.2, 0.25) is 0 Å². The molecule has 0 saturated carbocycles. The molecule has 1 aliphatic rings. The van der Waals surface area contributed by atoms with Gasteiger partial charge in [-0.25, -0.2) is 8.42 Å². The van der Waals surface area contributed by atoms with E-state index in [-0.39, 0.29) is 35.0 Å². The zero-order valence-electron chi connectivity index (χ0n) is 23.4. The van der Waals surface area contributed by atoms with Gasteiger partial charge < -0.3 is 0 Å². The zero-order valence-corrected chi connectivity index (χ0v) is 24.3. The van der Waals surface area contributed by atoms with Crippen LogP contribution in [0.3, 0.4) is 0 Å². The Bertz CT molecular complexity index is 1530. The molecule has 2 atom stereocenters. The van der Waals surface area contributed by atoms with Crippen molar-refractivity contribution < 1.29 is 18.3 Å². The van der Waals surface area contributed by atoms with E-state index in [1.807, 2.05) is 60.7 Å². The van der Waals surface area contributed by atoms with E-state index in [4.69, 9.17) is 0 Å². The summed E-state index contributed by atoms with van der Waals surface area (Å²) in [5.41, 5.74) is 3.73. The molecule has 4 aromatic rings. The van der Waals surface area contributed by atoms with Gasteiger partial charge >= 0.3 is 0 Å². The van der Waals surface area contributed by atoms with Crippen LogP contribution in [0.15, 0.2) is 109 Å². The van der Waals surface area contributed by atoms with Crippen LogP contribution in [0.1, 0.15) is 22.3 Å². The van der Waals surface area contributed by atoms with E-state index < -0.39 is 19.7 Å². The van der Waals surface area contributed by atoms with Gasteiger partial charge in [0.05, 0.1) is 21.4 Å². The highest BCUT2D eigenvalue weighted by molar-refractivity contribution is 7.91. The van der Waals surface area contributed by atoms with Gasteiger partial charge in [0.1, 0.15) is 0 Å². The van der Waals surface area contributed by atoms with Crippen LogP contribution in [-0.2, 0) is 36.0 Å². The Hall–Kier alpha value is -4.45. The molecule has 11 heteroatoms. The molecule has 222 valence electrons. The Labute approximate surface area is 250 Å². The molecule has 0 radical (unpaired) electrons. The van der Waals surface area contributed by atoms with Gasteiger partial charge in [0.25, 0.3) is 11.4 Å². The Morgan fingerprint density at radius 1 is 0.535 bits per heavy atom. The van der Waals surface area contributed by atoms with Crippen molar-refractivity contribution in [3.63, 3.8) is 0 Å². The quantitative estimate of drug-likeness (QED) is 0.157. The predicted octanol–water partition coefficient (Wildman–Crippen LogP) is 5.37. The Morgan fingerprint density at radius 3 is 1.14 bits per heavy atom. The van der Waals surface area contributed by atoms with Gasteiger partial charge in [0.2, 0.25) is 0 Å². The molecule has 10 nitrogen and oxygen atoms in total. The Morgan fingerprint density at radius 2 is 0.837 bits per heavy atom. The predicted molar refractivity (Wildman–Crippen MR) is 164 cm³/mol. The summed E-state index contributed by atoms with van der Waals surface area (Å²) in [4.78, 5) is 25.9. The summed E-state index contributed by atoms with van der Waals surface area (Å²) in [6, 6.07) is 31.6. The summed E-state index contributed by atoms with van der Waals surface area (Å²) in [7, 11) is -3.40. The molecule has 0 unspecified atom stereocenters. The SMILES string of the molecule is O=[N+]([O-])c1ccc(CN(Cc2ccccc2)[C@@H]2CS(=O)(=O)C[C@H]2N(Cc2ccccc2)Cc2ccc([N+](=O)[O-])cc2)cc1. The van der Waals surface area contributed by atoms with E-state index in [1.54, 1.807) is 24.3 Å². The number of hydrogen-bond acceptors (Lipinski definition) is 8. The first-order chi connectivity index (χ1) is 20.7. The van der Waals surface area contributed by atoms with Gasteiger partial charge in [-0.05, 0) is 22.3 Å². The number of hydrogen-bond donors (Lipinski definition) is 0. The van der Waals surface area contributed by atoms with E-state index in [9.17, 15) is 28.6 Å². The number of rotatable bonds is 12. The van der Waals surface area contributed by atoms with Gasteiger partial charge in [-0.1, -0.05) is 84.9 Å². The number of sulfone groups is 1. The molecule has 1 aliphatic heterocycles. The third-order valence-corrected chi connectivity index (χ3v) is 9.45. The van der Waals surface area contributed by atoms with E-state index in [0.717, 1.165) is 22.3 Å². The smallest absolute Gasteiger partial charge is 0.269 e. The van der Waals surface area contributed by atoms with Gasteiger partial charge in [-0.2, -0.15) is 0 Å². The molecular weight excluding hydrogens is 568 g/mol. The molecule has 1 fully saturated rings. The highest BCUT2D eigenvalue weighted by Gasteiger charge is 2.44. The molecule has 4 aromatic carbocycles. The second-order valence-corrected chi connectivity index (χ2v) is 13.0. The molecule has 1 heterocycles. The molecule has 43 heavy (non-hydrogen) atoms. The molecule has 0 bridgehead atoms. The number of non-ortho nitro benzene ring substituents is 2. The van der Waals surface area contributed by atoms with Crippen molar-refractivity contribution in [2.45, 2.75) is 38.3 Å². The minimum atomic E-state index is -3.40. The van der Waals surface area contributed by atoms with Crippen molar-refractivity contribution in [1.29, 1.82) is 0 Å². The Kier molecular flexibility index (Phi) is 9.24. The summed E-state index contributed by atoms with van der Waals surface area (Å²) in [5.74, 6) is -0.0495. The monoisotopic (exact) mass is 600 g/mol. The standard InChI is InChI=1S/C32H32N4O6S/c37-35(38)29-15-11-27(12-16-29)21-33(19-25-7-3-1-4-8-25)31-23-43(41,42)24-32(31)34(20-26-9-5-2-6-10-26)22-28-13-17-30(18-14-28)36(39)40/h1-18,31-32H,19-24H2/t31-,32-/m1/s1. The number of benzene rings is 4. The maximum absolute atomic E-state index is 13.3. The third-order valence-electron chi connectivity index (χ3n) is 7.75. The lowest BCUT2D eigenvalue weighted by Crippen LogP contribution is -2.50. The number of nitro groups is 2. The van der Waals surface area contributed by atoms with Crippen molar-refractivity contribution in [3.8, 4) is 0 Å². The van der Waals surface area contributed by atoms with Crippen LogP contribution < -0.4 is 0 Å². The van der Waals surface area contributed by atoms with Gasteiger partial charge in [0, 0.05) is 62.5 Å². The fraction of sp³-hybridized carbons (Fsp3) is 0.250. The van der Waals surface area contributed by atoms with E-state index in [0.29, 0.717) is 26.2 Å². The second-order valence-electron chi connectivity index (χ2n) is 10.8. The molecule has 0 amide bonds. The van der Waals surface area contributed by atoms with Crippen LogP contribution in [0.5, 0.6) is 0 Å². The lowest BCUT2D eigenvalue weighted by atomic mass is 10.0. The highest BCUT2D eigenvalue weighted by atomic mass is 32.2. The van der Waals surface area contributed by atoms with Crippen LogP contribution in [0.4, 0.5) is 11.4 Å². The number of nitrogens with zero attached hydrogens (tertiary/aromatic N) is 4. The van der Waals surface area contributed by atoms with Gasteiger partial charge in [0.15, 0.2) is 9.84 Å². The third kappa shape index (κ3) is 7.89. The largest absolute Gasteiger partial charge is 0.289 e. The van der Waals surface area contributed by atoms with E-state index in [2.05, 4.69) is 9.80 Å². The van der Waals surface area contributed by atoms with Crippen LogP contribution in [0.25, 0.3) is 0 Å². The molecule has 0 aromatic heterocycles. The van der Waals surface area contributed by atoms with Gasteiger partial charge in [-0.3, -0.25) is 30.0 Å². The minimum absolute atomic E-state index is 0.00295. The average Bonchev–Trinajstić information content (AvgIpc) is 3.33. The number of nitro benzene ring substituents is 2. The van der Waals surface area contributed by atoms with E-state index >= 15 is 0 Å². The van der Waals surface area contributed by atoms with Gasteiger partial charge in [-0.15, -0.1) is 0 Å². The van der Waals surface area contributed by atoms with Crippen LogP contribution in [0, 0.1) is 20.2 Å². The maximum Gasteiger partial charge on any atom is 0.269 e. The minimum Gasteiger partial charge on any atom is -0.289 e. The summed E-state index contributed by atoms with van der Waals surface area (Å²) in [5, 5.41) is 22.4. The average molecular weight is 601 g/mol. The lowest BCUT2D eigenvalue weighted by molar-refractivity contribution is -0.385. The fourth-order valence-electron chi connectivity index (χ4n) is 5.64. The highest BCUT2D eigenvalue weighted by Crippen LogP contribution is 2.29. The summed E-state index contributed by atoms with van der Waals surface area (Å²) in [6.45, 7) is 1.79. The van der Waals surface area contributed by atoms with Crippen LogP contribution >= 0.6 is 0 Å². The fourth-order valence-corrected chi connectivity index (χ4v) is 7.68. The molecular formula is C32H32N4O6S. The normalized spacial score (nSPS) is 17.7. The van der Waals surface area contributed by atoms with Crippen molar-refractivity contribution in [2.75, 3.05) is 11.5 Å². The van der Waals surface area contributed by atoms with Crippen molar-refractivity contribution in [2.24, 2.45) is 0 Å². The Balaban J connectivity index is 1.50. The first kappa shape index (κ1) is 30.0. The molecule has 1 saturated heterocycles. The molecule has 0 spiro atoms. The van der Waals surface area contributed by atoms with Crippen molar-refractivity contribution in [1.82, 2.24) is 9.80 Å². The first-order valence-corrected chi connectivity index (χ1v) is 15.7. The molecule has 0 N–H and O–H groups in total. The van der Waals surface area contributed by atoms with E-state index in [1.165, 1.54) is 24.3 Å². The topological polar surface area (TPSA) is 127 Å². The summed E-state index contributed by atoms with van der Waals surface area (Å²) in [6.07, 6.45) is 0. The zero-order chi connectivity index (χ0) is 30.4. The maximum atomic E-state index is 13.3.